The Balaban J connectivity index is 1.75. The quantitative estimate of drug-likeness (QED) is 0.616. The number of nitrogen functional groups attached to an aromatic ring is 1. The summed E-state index contributed by atoms with van der Waals surface area (Å²) in [6.45, 7) is 5.36. The maximum Gasteiger partial charge on any atom is 0.121 e. The Labute approximate surface area is 134 Å². The minimum atomic E-state index is 0.609. The van der Waals surface area contributed by atoms with Gasteiger partial charge in [0.15, 0.2) is 0 Å². The summed E-state index contributed by atoms with van der Waals surface area (Å²) in [5, 5.41) is 0. The molecule has 21 heavy (non-hydrogen) atoms. The van der Waals surface area contributed by atoms with Crippen LogP contribution in [0.15, 0.2) is 40.9 Å². The zero-order valence-corrected chi connectivity index (χ0v) is 13.9. The van der Waals surface area contributed by atoms with Gasteiger partial charge in [0.1, 0.15) is 11.5 Å². The van der Waals surface area contributed by atoms with E-state index in [0.29, 0.717) is 18.9 Å². The van der Waals surface area contributed by atoms with Gasteiger partial charge in [0.05, 0.1) is 13.2 Å². The Morgan fingerprint density at radius 2 is 1.57 bits per heavy atom. The van der Waals surface area contributed by atoms with Crippen LogP contribution >= 0.6 is 15.9 Å². The number of rotatable bonds is 6. The van der Waals surface area contributed by atoms with E-state index >= 15 is 0 Å². The monoisotopic (exact) mass is 349 g/mol. The second-order valence-corrected chi connectivity index (χ2v) is 5.79. The zero-order valence-electron chi connectivity index (χ0n) is 12.4. The smallest absolute Gasteiger partial charge is 0.121 e. The number of nitrogens with two attached hydrogens (primary N) is 1. The SMILES string of the molecule is Cc1cc(OCCCOc2cccc(N)c2)cc(C)c1Br. The largest absolute Gasteiger partial charge is 0.493 e. The molecule has 0 amide bonds. The van der Waals surface area contributed by atoms with Crippen LogP contribution in [0.1, 0.15) is 17.5 Å². The molecule has 0 radical (unpaired) electrons. The van der Waals surface area contributed by atoms with Gasteiger partial charge in [-0.1, -0.05) is 22.0 Å². The summed E-state index contributed by atoms with van der Waals surface area (Å²) in [7, 11) is 0. The zero-order chi connectivity index (χ0) is 15.2. The molecule has 112 valence electrons. The van der Waals surface area contributed by atoms with Crippen molar-refractivity contribution < 1.29 is 9.47 Å². The highest BCUT2D eigenvalue weighted by Gasteiger charge is 2.03. The molecule has 0 bridgehead atoms. The molecule has 3 nitrogen and oxygen atoms in total. The van der Waals surface area contributed by atoms with Crippen LogP contribution in [-0.2, 0) is 0 Å². The Kier molecular flexibility index (Phi) is 5.51. The molecule has 2 aromatic rings. The predicted molar refractivity (Wildman–Crippen MR) is 90.1 cm³/mol. The summed E-state index contributed by atoms with van der Waals surface area (Å²) in [4.78, 5) is 0. The lowest BCUT2D eigenvalue weighted by Crippen LogP contribution is -2.05. The van der Waals surface area contributed by atoms with E-state index < -0.39 is 0 Å². The Hall–Kier alpha value is -1.68. The van der Waals surface area contributed by atoms with Gasteiger partial charge in [-0.3, -0.25) is 0 Å². The highest BCUT2D eigenvalue weighted by Crippen LogP contribution is 2.26. The molecule has 2 aromatic carbocycles. The summed E-state index contributed by atoms with van der Waals surface area (Å²) in [5.41, 5.74) is 8.77. The van der Waals surface area contributed by atoms with Gasteiger partial charge < -0.3 is 15.2 Å². The predicted octanol–water partition coefficient (Wildman–Crippen LogP) is 4.50. The molecule has 2 N–H and O–H groups in total. The van der Waals surface area contributed by atoms with E-state index in [9.17, 15) is 0 Å². The van der Waals surface area contributed by atoms with E-state index in [1.54, 1.807) is 0 Å². The van der Waals surface area contributed by atoms with Gasteiger partial charge in [-0.05, 0) is 49.2 Å². The first-order valence-electron chi connectivity index (χ1n) is 6.94. The van der Waals surface area contributed by atoms with Crippen LogP contribution in [0.2, 0.25) is 0 Å². The average Bonchev–Trinajstić information content (AvgIpc) is 2.44. The lowest BCUT2D eigenvalue weighted by atomic mass is 10.1. The number of hydrogen-bond acceptors (Lipinski definition) is 3. The fourth-order valence-electron chi connectivity index (χ4n) is 2.03. The molecular formula is C17H20BrNO2. The van der Waals surface area contributed by atoms with Gasteiger partial charge >= 0.3 is 0 Å². The molecule has 0 aliphatic carbocycles. The van der Waals surface area contributed by atoms with E-state index in [2.05, 4.69) is 29.8 Å². The van der Waals surface area contributed by atoms with E-state index in [1.807, 2.05) is 36.4 Å². The Morgan fingerprint density at radius 3 is 2.19 bits per heavy atom. The summed E-state index contributed by atoms with van der Waals surface area (Å²) >= 11 is 3.55. The van der Waals surface area contributed by atoms with Crippen molar-refractivity contribution in [1.29, 1.82) is 0 Å². The molecule has 0 saturated heterocycles. The Bertz CT molecular complexity index is 590. The van der Waals surface area contributed by atoms with Crippen LogP contribution < -0.4 is 15.2 Å². The first-order valence-corrected chi connectivity index (χ1v) is 7.73. The first-order chi connectivity index (χ1) is 10.1. The highest BCUT2D eigenvalue weighted by atomic mass is 79.9. The highest BCUT2D eigenvalue weighted by molar-refractivity contribution is 9.10. The van der Waals surface area contributed by atoms with E-state index in [1.165, 1.54) is 11.1 Å². The van der Waals surface area contributed by atoms with Gasteiger partial charge in [-0.25, -0.2) is 0 Å². The van der Waals surface area contributed by atoms with Crippen LogP contribution in [0.4, 0.5) is 5.69 Å². The molecule has 0 spiro atoms. The van der Waals surface area contributed by atoms with Gasteiger partial charge in [0.2, 0.25) is 0 Å². The second kappa shape index (κ2) is 7.36. The van der Waals surface area contributed by atoms with Crippen LogP contribution in [0.5, 0.6) is 11.5 Å². The van der Waals surface area contributed by atoms with E-state index in [-0.39, 0.29) is 0 Å². The number of aryl methyl sites for hydroxylation is 2. The minimum Gasteiger partial charge on any atom is -0.493 e. The molecule has 0 saturated carbocycles. The van der Waals surface area contributed by atoms with Crippen LogP contribution in [0.25, 0.3) is 0 Å². The van der Waals surface area contributed by atoms with Crippen LogP contribution in [-0.4, -0.2) is 13.2 Å². The van der Waals surface area contributed by atoms with Gasteiger partial charge in [0, 0.05) is 22.6 Å². The molecule has 0 heterocycles. The first kappa shape index (κ1) is 15.7. The molecular weight excluding hydrogens is 330 g/mol. The molecule has 0 atom stereocenters. The van der Waals surface area contributed by atoms with Crippen LogP contribution in [0, 0.1) is 13.8 Å². The van der Waals surface area contributed by atoms with E-state index in [0.717, 1.165) is 22.4 Å². The molecule has 0 aliphatic rings. The number of halogens is 1. The summed E-state index contributed by atoms with van der Waals surface area (Å²) in [6, 6.07) is 11.5. The lowest BCUT2D eigenvalue weighted by Gasteiger charge is -2.11. The standard InChI is InChI=1S/C17H20BrNO2/c1-12-9-16(10-13(2)17(12)18)21-8-4-7-20-15-6-3-5-14(19)11-15/h3,5-6,9-11H,4,7-8,19H2,1-2H3. The van der Waals surface area contributed by atoms with Gasteiger partial charge in [-0.2, -0.15) is 0 Å². The van der Waals surface area contributed by atoms with Crippen molar-refractivity contribution in [2.45, 2.75) is 20.3 Å². The van der Waals surface area contributed by atoms with Crippen LogP contribution in [0.3, 0.4) is 0 Å². The summed E-state index contributed by atoms with van der Waals surface area (Å²) < 4.78 is 12.5. The number of benzene rings is 2. The Morgan fingerprint density at radius 1 is 0.952 bits per heavy atom. The second-order valence-electron chi connectivity index (χ2n) is 4.99. The van der Waals surface area contributed by atoms with Crippen molar-refractivity contribution in [3.8, 4) is 11.5 Å². The number of anilines is 1. The minimum absolute atomic E-state index is 0.609. The number of ether oxygens (including phenoxy) is 2. The van der Waals surface area contributed by atoms with Gasteiger partial charge in [0.25, 0.3) is 0 Å². The van der Waals surface area contributed by atoms with Crippen molar-refractivity contribution in [1.82, 2.24) is 0 Å². The normalized spacial score (nSPS) is 10.4. The fourth-order valence-corrected chi connectivity index (χ4v) is 2.26. The molecule has 0 aromatic heterocycles. The molecule has 4 heteroatoms. The third kappa shape index (κ3) is 4.67. The average molecular weight is 350 g/mol. The maximum atomic E-state index is 5.76. The van der Waals surface area contributed by atoms with Crippen molar-refractivity contribution >= 4 is 21.6 Å². The van der Waals surface area contributed by atoms with Crippen molar-refractivity contribution in [3.05, 3.63) is 52.0 Å². The third-order valence-electron chi connectivity index (χ3n) is 3.09. The van der Waals surface area contributed by atoms with Crippen molar-refractivity contribution in [2.24, 2.45) is 0 Å². The van der Waals surface area contributed by atoms with E-state index in [4.69, 9.17) is 15.2 Å². The third-order valence-corrected chi connectivity index (χ3v) is 4.35. The fraction of sp³-hybridized carbons (Fsp3) is 0.294. The van der Waals surface area contributed by atoms with Crippen molar-refractivity contribution in [2.75, 3.05) is 18.9 Å². The molecule has 0 fully saturated rings. The maximum absolute atomic E-state index is 5.76. The lowest BCUT2D eigenvalue weighted by molar-refractivity contribution is 0.247. The summed E-state index contributed by atoms with van der Waals surface area (Å²) in [6.07, 6.45) is 0.822. The summed E-state index contributed by atoms with van der Waals surface area (Å²) in [5.74, 6) is 1.70. The van der Waals surface area contributed by atoms with Crippen molar-refractivity contribution in [3.63, 3.8) is 0 Å². The topological polar surface area (TPSA) is 44.5 Å². The molecule has 2 rings (SSSR count). The number of hydrogen-bond donors (Lipinski definition) is 1. The van der Waals surface area contributed by atoms with Gasteiger partial charge in [-0.15, -0.1) is 0 Å². The molecule has 0 unspecified atom stereocenters. The molecule has 0 aliphatic heterocycles.